The Kier molecular flexibility index (Phi) is 5.88. The summed E-state index contributed by atoms with van der Waals surface area (Å²) < 4.78 is 0. The van der Waals surface area contributed by atoms with E-state index in [2.05, 4.69) is 6.92 Å². The van der Waals surface area contributed by atoms with Gasteiger partial charge in [-0.1, -0.05) is 84.0 Å². The van der Waals surface area contributed by atoms with E-state index in [4.69, 9.17) is 0 Å². The molecule has 2 fully saturated rings. The minimum atomic E-state index is 1.01. The molecular weight excluding hydrogens is 204 g/mol. The molecule has 0 N–H and O–H groups in total. The van der Waals surface area contributed by atoms with Gasteiger partial charge in [0.05, 0.1) is 0 Å². The lowest BCUT2D eigenvalue weighted by Gasteiger charge is -2.30. The maximum absolute atomic E-state index is 2.52. The van der Waals surface area contributed by atoms with E-state index >= 15 is 0 Å². The Balaban J connectivity index is 1.90. The summed E-state index contributed by atoms with van der Waals surface area (Å²) in [5.74, 6) is 3.17. The Labute approximate surface area is 109 Å². The molecule has 0 aromatic heterocycles. The highest BCUT2D eigenvalue weighted by Crippen LogP contribution is 2.35. The largest absolute Gasteiger partial charge is 0.0622 e. The Morgan fingerprint density at radius 2 is 1.18 bits per heavy atom. The number of rotatable bonds is 0. The summed E-state index contributed by atoms with van der Waals surface area (Å²) in [6.07, 6.45) is 19.8. The maximum Gasteiger partial charge on any atom is -0.0388 e. The van der Waals surface area contributed by atoms with Gasteiger partial charge in [-0.15, -0.1) is 0 Å². The van der Waals surface area contributed by atoms with E-state index in [-0.39, 0.29) is 0 Å². The highest BCUT2D eigenvalue weighted by atomic mass is 14.3. The molecule has 2 aliphatic carbocycles. The van der Waals surface area contributed by atoms with Crippen molar-refractivity contribution in [1.29, 1.82) is 0 Å². The minimum Gasteiger partial charge on any atom is -0.0622 e. The molecule has 0 nitrogen and oxygen atoms in total. The first-order valence-electron chi connectivity index (χ1n) is 8.36. The van der Waals surface area contributed by atoms with Crippen LogP contribution in [0.5, 0.6) is 0 Å². The van der Waals surface area contributed by atoms with Gasteiger partial charge in [0.2, 0.25) is 0 Å². The fourth-order valence-corrected chi connectivity index (χ4v) is 4.11. The molecule has 2 aliphatic rings. The molecule has 2 saturated carbocycles. The normalized spacial score (nSPS) is 37.6. The van der Waals surface area contributed by atoms with E-state index < -0.39 is 0 Å². The zero-order chi connectivity index (χ0) is 11.9. The molecule has 0 aliphatic heterocycles. The molecule has 0 unspecified atom stereocenters. The van der Waals surface area contributed by atoms with E-state index in [1.54, 1.807) is 19.3 Å². The van der Waals surface area contributed by atoms with Crippen molar-refractivity contribution < 1.29 is 0 Å². The van der Waals surface area contributed by atoms with Crippen LogP contribution in [-0.4, -0.2) is 0 Å². The van der Waals surface area contributed by atoms with Crippen molar-refractivity contribution in [2.45, 2.75) is 90.4 Å². The van der Waals surface area contributed by atoms with Crippen molar-refractivity contribution in [3.8, 4) is 0 Å². The second kappa shape index (κ2) is 7.44. The van der Waals surface area contributed by atoms with Gasteiger partial charge in [0.25, 0.3) is 0 Å². The topological polar surface area (TPSA) is 0 Å². The summed E-state index contributed by atoms with van der Waals surface area (Å²) in [6, 6.07) is 0. The minimum absolute atomic E-state index is 1.01. The van der Waals surface area contributed by atoms with E-state index in [1.165, 1.54) is 64.2 Å². The Bertz CT molecular complexity index is 196. The van der Waals surface area contributed by atoms with Crippen molar-refractivity contribution >= 4 is 0 Å². The second-order valence-corrected chi connectivity index (χ2v) is 6.81. The Morgan fingerprint density at radius 1 is 0.529 bits per heavy atom. The number of fused-ring (bicyclic) bond motifs is 3. The third kappa shape index (κ3) is 4.64. The number of hydrogen-bond donors (Lipinski definition) is 0. The lowest BCUT2D eigenvalue weighted by molar-refractivity contribution is 0.218. The lowest BCUT2D eigenvalue weighted by Crippen LogP contribution is -2.18. The number of hydrogen-bond acceptors (Lipinski definition) is 0. The summed E-state index contributed by atoms with van der Waals surface area (Å²) >= 11 is 0. The average Bonchev–Trinajstić information content (AvgIpc) is 2.30. The van der Waals surface area contributed by atoms with Crippen LogP contribution >= 0.6 is 0 Å². The summed E-state index contributed by atoms with van der Waals surface area (Å²) in [7, 11) is 0. The summed E-state index contributed by atoms with van der Waals surface area (Å²) in [5, 5.41) is 0. The van der Waals surface area contributed by atoms with Crippen molar-refractivity contribution in [1.82, 2.24) is 0 Å². The first-order chi connectivity index (χ1) is 8.36. The van der Waals surface area contributed by atoms with Gasteiger partial charge in [-0.3, -0.25) is 0 Å². The average molecular weight is 236 g/mol. The summed E-state index contributed by atoms with van der Waals surface area (Å²) in [5.41, 5.74) is 0. The third-order valence-corrected chi connectivity index (χ3v) is 5.46. The van der Waals surface area contributed by atoms with E-state index in [0.29, 0.717) is 0 Å². The molecule has 0 saturated heterocycles. The highest BCUT2D eigenvalue weighted by Gasteiger charge is 2.22. The van der Waals surface area contributed by atoms with Gasteiger partial charge in [0.15, 0.2) is 0 Å². The molecule has 0 amide bonds. The van der Waals surface area contributed by atoms with Crippen LogP contribution in [-0.2, 0) is 0 Å². The molecular formula is C17H32. The van der Waals surface area contributed by atoms with Gasteiger partial charge in [0.1, 0.15) is 0 Å². The van der Waals surface area contributed by atoms with Crippen LogP contribution in [0.3, 0.4) is 0 Å². The fourth-order valence-electron chi connectivity index (χ4n) is 4.11. The van der Waals surface area contributed by atoms with E-state index in [0.717, 1.165) is 17.8 Å². The van der Waals surface area contributed by atoms with Gasteiger partial charge >= 0.3 is 0 Å². The predicted octanol–water partition coefficient (Wildman–Crippen LogP) is 5.95. The van der Waals surface area contributed by atoms with Crippen LogP contribution in [0, 0.1) is 17.8 Å². The van der Waals surface area contributed by atoms with Crippen molar-refractivity contribution in [2.24, 2.45) is 17.8 Å². The third-order valence-electron chi connectivity index (χ3n) is 5.46. The molecule has 17 heavy (non-hydrogen) atoms. The first kappa shape index (κ1) is 13.4. The van der Waals surface area contributed by atoms with Gasteiger partial charge in [-0.05, 0) is 24.2 Å². The highest BCUT2D eigenvalue weighted by molar-refractivity contribution is 4.74. The molecule has 2 rings (SSSR count). The zero-order valence-corrected chi connectivity index (χ0v) is 11.9. The van der Waals surface area contributed by atoms with Crippen LogP contribution in [0.1, 0.15) is 90.4 Å². The van der Waals surface area contributed by atoms with Crippen LogP contribution in [0.25, 0.3) is 0 Å². The van der Waals surface area contributed by atoms with Crippen molar-refractivity contribution in [3.05, 3.63) is 0 Å². The summed E-state index contributed by atoms with van der Waals surface area (Å²) in [4.78, 5) is 0. The molecule has 3 atom stereocenters. The van der Waals surface area contributed by atoms with Crippen LogP contribution in [0.4, 0.5) is 0 Å². The van der Waals surface area contributed by atoms with Crippen LogP contribution in [0.2, 0.25) is 0 Å². The molecule has 0 radical (unpaired) electrons. The summed E-state index contributed by atoms with van der Waals surface area (Å²) in [6.45, 7) is 2.52. The van der Waals surface area contributed by atoms with Crippen LogP contribution in [0.15, 0.2) is 0 Å². The van der Waals surface area contributed by atoms with Gasteiger partial charge in [-0.25, -0.2) is 0 Å². The molecule has 0 heterocycles. The lowest BCUT2D eigenvalue weighted by atomic mass is 9.76. The predicted molar refractivity (Wildman–Crippen MR) is 76.2 cm³/mol. The monoisotopic (exact) mass is 236 g/mol. The maximum atomic E-state index is 2.52. The Morgan fingerprint density at radius 3 is 2.00 bits per heavy atom. The van der Waals surface area contributed by atoms with E-state index in [1.807, 2.05) is 0 Å². The van der Waals surface area contributed by atoms with Crippen LogP contribution < -0.4 is 0 Å². The van der Waals surface area contributed by atoms with Crippen molar-refractivity contribution in [2.75, 3.05) is 0 Å². The second-order valence-electron chi connectivity index (χ2n) is 6.81. The van der Waals surface area contributed by atoms with Gasteiger partial charge in [-0.2, -0.15) is 0 Å². The standard InChI is InChI=1S/C17H32/c1-15-9-8-11-16-10-6-4-2-3-5-7-12-17(15)14-13-16/h15-17H,2-14H2,1H3/t15-,16+,17+/m0/s1. The molecule has 0 spiro atoms. The first-order valence-corrected chi connectivity index (χ1v) is 8.36. The smallest absolute Gasteiger partial charge is 0.0388 e. The molecule has 2 bridgehead atoms. The molecule has 100 valence electrons. The molecule has 0 aromatic rings. The van der Waals surface area contributed by atoms with Crippen molar-refractivity contribution in [3.63, 3.8) is 0 Å². The Hall–Kier alpha value is 0. The quantitative estimate of drug-likeness (QED) is 0.487. The van der Waals surface area contributed by atoms with E-state index in [9.17, 15) is 0 Å². The fraction of sp³-hybridized carbons (Fsp3) is 1.00. The zero-order valence-electron chi connectivity index (χ0n) is 11.9. The molecule has 0 heteroatoms. The SMILES string of the molecule is C[C@H]1CCC[C@H]2CCCCCCCC[C@@H]1CC2. The van der Waals surface area contributed by atoms with Gasteiger partial charge in [0, 0.05) is 0 Å². The molecule has 0 aromatic carbocycles. The van der Waals surface area contributed by atoms with Gasteiger partial charge < -0.3 is 0 Å².